The van der Waals surface area contributed by atoms with Crippen molar-refractivity contribution in [3.63, 3.8) is 0 Å². The van der Waals surface area contributed by atoms with Crippen molar-refractivity contribution in [3.8, 4) is 11.5 Å². The second kappa shape index (κ2) is 8.46. The number of amides is 2. The Kier molecular flexibility index (Phi) is 5.58. The van der Waals surface area contributed by atoms with Gasteiger partial charge in [0, 0.05) is 0 Å². The van der Waals surface area contributed by atoms with Crippen molar-refractivity contribution in [3.05, 3.63) is 75.5 Å². The lowest BCUT2D eigenvalue weighted by Gasteiger charge is -2.14. The zero-order valence-electron chi connectivity index (χ0n) is 16.0. The van der Waals surface area contributed by atoms with Gasteiger partial charge >= 0.3 is 0 Å². The number of methoxy groups -OCH3 is 1. The third kappa shape index (κ3) is 3.81. The van der Waals surface area contributed by atoms with Gasteiger partial charge in [0.25, 0.3) is 11.1 Å². The van der Waals surface area contributed by atoms with Crippen molar-refractivity contribution < 1.29 is 23.5 Å². The first-order valence-corrected chi connectivity index (χ1v) is 9.92. The van der Waals surface area contributed by atoms with E-state index in [9.17, 15) is 14.4 Å². The molecule has 7 nitrogen and oxygen atoms in total. The Morgan fingerprint density at radius 3 is 2.57 bits per heavy atom. The number of hydrogen-bond donors (Lipinski definition) is 0. The second-order valence-corrected chi connectivity index (χ2v) is 7.34. The summed E-state index contributed by atoms with van der Waals surface area (Å²) in [5.74, 6) is 0.618. The molecule has 0 aliphatic carbocycles. The Hall–Kier alpha value is -3.52. The Labute approximate surface area is 175 Å². The quantitative estimate of drug-likeness (QED) is 0.556. The molecule has 3 aromatic rings. The molecular weight excluding hydrogens is 406 g/mol. The molecular formula is C22H17NO6S. The molecule has 0 N–H and O–H groups in total. The van der Waals surface area contributed by atoms with Crippen molar-refractivity contribution in [2.45, 2.75) is 0 Å². The summed E-state index contributed by atoms with van der Waals surface area (Å²) in [6.45, 7) is 0.191. The van der Waals surface area contributed by atoms with Crippen LogP contribution < -0.4 is 14.9 Å². The molecule has 0 bridgehead atoms. The topological polar surface area (TPSA) is 86.1 Å². The Bertz CT molecular complexity index is 1220. The molecule has 1 aromatic heterocycles. The molecule has 0 radical (unpaired) electrons. The summed E-state index contributed by atoms with van der Waals surface area (Å²) in [6.07, 6.45) is 2.69. The van der Waals surface area contributed by atoms with E-state index in [2.05, 4.69) is 0 Å². The summed E-state index contributed by atoms with van der Waals surface area (Å²) < 4.78 is 16.3. The fourth-order valence-corrected chi connectivity index (χ4v) is 3.87. The predicted molar refractivity (Wildman–Crippen MR) is 114 cm³/mol. The lowest BCUT2D eigenvalue weighted by molar-refractivity contribution is -0.123. The summed E-state index contributed by atoms with van der Waals surface area (Å²) in [6, 6.07) is 14.0. The van der Waals surface area contributed by atoms with Gasteiger partial charge < -0.3 is 13.9 Å². The van der Waals surface area contributed by atoms with Crippen LogP contribution in [0.25, 0.3) is 17.0 Å². The number of para-hydroxylation sites is 3. The summed E-state index contributed by atoms with van der Waals surface area (Å²) in [5.41, 5.74) is 0.411. The first kappa shape index (κ1) is 19.8. The minimum absolute atomic E-state index is 0.0758. The maximum atomic E-state index is 12.7. The molecule has 152 valence electrons. The van der Waals surface area contributed by atoms with Gasteiger partial charge in [-0.15, -0.1) is 0 Å². The van der Waals surface area contributed by atoms with Gasteiger partial charge in [-0.3, -0.25) is 19.3 Å². The molecule has 1 fully saturated rings. The van der Waals surface area contributed by atoms with Crippen LogP contribution in [0, 0.1) is 0 Å². The number of imide groups is 1. The van der Waals surface area contributed by atoms with Crippen LogP contribution in [0.5, 0.6) is 11.5 Å². The molecule has 0 spiro atoms. The molecule has 2 heterocycles. The maximum absolute atomic E-state index is 12.7. The largest absolute Gasteiger partial charge is 0.493 e. The Balaban J connectivity index is 1.49. The van der Waals surface area contributed by atoms with E-state index in [0.29, 0.717) is 22.5 Å². The van der Waals surface area contributed by atoms with Crippen molar-refractivity contribution in [1.82, 2.24) is 4.90 Å². The Morgan fingerprint density at radius 2 is 1.77 bits per heavy atom. The number of fused-ring (bicyclic) bond motifs is 1. The van der Waals surface area contributed by atoms with Crippen LogP contribution in [0.3, 0.4) is 0 Å². The van der Waals surface area contributed by atoms with Crippen LogP contribution in [-0.4, -0.2) is 36.3 Å². The van der Waals surface area contributed by atoms with Gasteiger partial charge in [-0.05, 0) is 42.1 Å². The second-order valence-electron chi connectivity index (χ2n) is 6.35. The number of thioether (sulfide) groups is 1. The van der Waals surface area contributed by atoms with Gasteiger partial charge in [0.2, 0.25) is 0 Å². The minimum atomic E-state index is -0.471. The lowest BCUT2D eigenvalue weighted by Crippen LogP contribution is -2.32. The van der Waals surface area contributed by atoms with Gasteiger partial charge in [0.15, 0.2) is 16.9 Å². The summed E-state index contributed by atoms with van der Waals surface area (Å²) in [5, 5.41) is -0.00394. The van der Waals surface area contributed by atoms with Gasteiger partial charge in [0.05, 0.1) is 29.5 Å². The molecule has 0 unspecified atom stereocenters. The number of ether oxygens (including phenoxy) is 2. The first-order valence-electron chi connectivity index (χ1n) is 9.10. The van der Waals surface area contributed by atoms with E-state index in [1.165, 1.54) is 19.4 Å². The predicted octanol–water partition coefficient (Wildman–Crippen LogP) is 3.92. The molecule has 4 rings (SSSR count). The number of carbonyl (C=O) groups is 2. The van der Waals surface area contributed by atoms with Gasteiger partial charge in [0.1, 0.15) is 18.5 Å². The number of nitrogens with zero attached hydrogens (tertiary/aromatic N) is 1. The third-order valence-corrected chi connectivity index (χ3v) is 5.42. The van der Waals surface area contributed by atoms with Crippen LogP contribution in [-0.2, 0) is 4.79 Å². The summed E-state index contributed by atoms with van der Waals surface area (Å²) >= 11 is 0.782. The van der Waals surface area contributed by atoms with Crippen molar-refractivity contribution in [2.24, 2.45) is 0 Å². The third-order valence-electron chi connectivity index (χ3n) is 4.51. The SMILES string of the molecule is COc1ccccc1OCCN1C(=O)S/C(=C\c2coc3ccccc3c2=O)C1=O. The molecule has 1 saturated heterocycles. The van der Waals surface area contributed by atoms with Crippen molar-refractivity contribution in [1.29, 1.82) is 0 Å². The fourth-order valence-electron chi connectivity index (χ4n) is 3.01. The molecule has 0 atom stereocenters. The van der Waals surface area contributed by atoms with Crippen molar-refractivity contribution in [2.75, 3.05) is 20.3 Å². The highest BCUT2D eigenvalue weighted by molar-refractivity contribution is 8.18. The van der Waals surface area contributed by atoms with Crippen LogP contribution in [0.1, 0.15) is 5.56 Å². The number of carbonyl (C=O) groups excluding carboxylic acids is 2. The maximum Gasteiger partial charge on any atom is 0.293 e. The molecule has 2 amide bonds. The van der Waals surface area contributed by atoms with E-state index in [-0.39, 0.29) is 29.0 Å². The van der Waals surface area contributed by atoms with Gasteiger partial charge in [-0.25, -0.2) is 0 Å². The van der Waals surface area contributed by atoms with Crippen LogP contribution in [0.2, 0.25) is 0 Å². The zero-order chi connectivity index (χ0) is 21.1. The number of hydrogen-bond acceptors (Lipinski definition) is 7. The normalized spacial score (nSPS) is 15.2. The highest BCUT2D eigenvalue weighted by Gasteiger charge is 2.35. The summed E-state index contributed by atoms with van der Waals surface area (Å²) in [7, 11) is 1.53. The standard InChI is InChI=1S/C22H17NO6S/c1-27-17-8-4-5-9-18(17)28-11-10-23-21(25)19(30-22(23)26)12-14-13-29-16-7-3-2-6-15(16)20(14)24/h2-9,12-13H,10-11H2,1H3/b19-12-. The van der Waals surface area contributed by atoms with Crippen LogP contribution >= 0.6 is 11.8 Å². The van der Waals surface area contributed by atoms with Crippen LogP contribution in [0.4, 0.5) is 4.79 Å². The molecule has 8 heteroatoms. The monoisotopic (exact) mass is 423 g/mol. The number of rotatable bonds is 6. The lowest BCUT2D eigenvalue weighted by atomic mass is 10.1. The highest BCUT2D eigenvalue weighted by Crippen LogP contribution is 2.32. The molecule has 30 heavy (non-hydrogen) atoms. The molecule has 0 saturated carbocycles. The summed E-state index contributed by atoms with van der Waals surface area (Å²) in [4.78, 5) is 38.8. The van der Waals surface area contributed by atoms with E-state index in [1.807, 2.05) is 6.07 Å². The molecule has 1 aliphatic rings. The minimum Gasteiger partial charge on any atom is -0.493 e. The molecule has 1 aliphatic heterocycles. The average molecular weight is 423 g/mol. The van der Waals surface area contributed by atoms with Gasteiger partial charge in [-0.2, -0.15) is 0 Å². The van der Waals surface area contributed by atoms with Crippen LogP contribution in [0.15, 0.2) is 68.9 Å². The zero-order valence-corrected chi connectivity index (χ0v) is 16.8. The van der Waals surface area contributed by atoms with E-state index in [1.54, 1.807) is 42.5 Å². The first-order chi connectivity index (χ1) is 14.6. The van der Waals surface area contributed by atoms with E-state index in [4.69, 9.17) is 13.9 Å². The van der Waals surface area contributed by atoms with E-state index >= 15 is 0 Å². The van der Waals surface area contributed by atoms with Gasteiger partial charge in [-0.1, -0.05) is 24.3 Å². The van der Waals surface area contributed by atoms with E-state index < -0.39 is 11.1 Å². The number of benzene rings is 2. The Morgan fingerprint density at radius 1 is 1.03 bits per heavy atom. The molecule has 2 aromatic carbocycles. The van der Waals surface area contributed by atoms with Crippen molar-refractivity contribution >= 4 is 40.0 Å². The van der Waals surface area contributed by atoms with E-state index in [0.717, 1.165) is 16.7 Å². The average Bonchev–Trinajstić information content (AvgIpc) is 3.03. The smallest absolute Gasteiger partial charge is 0.293 e. The highest BCUT2D eigenvalue weighted by atomic mass is 32.2. The fraction of sp³-hybridized carbons (Fsp3) is 0.136.